The number of fused-ring (bicyclic) bond motifs is 2. The van der Waals surface area contributed by atoms with Crippen LogP contribution in [-0.4, -0.2) is 35.7 Å². The van der Waals surface area contributed by atoms with E-state index in [1.54, 1.807) is 17.8 Å². The highest BCUT2D eigenvalue weighted by atomic mass is 32.2. The number of likely N-dealkylation sites (tertiary alicyclic amines) is 1. The number of hydrogen-bond acceptors (Lipinski definition) is 3. The lowest BCUT2D eigenvalue weighted by Crippen LogP contribution is -2.36. The van der Waals surface area contributed by atoms with Crippen molar-refractivity contribution in [3.63, 3.8) is 0 Å². The van der Waals surface area contributed by atoms with E-state index in [0.717, 1.165) is 90.2 Å². The largest absolute Gasteiger partial charge is 0.416 e. The second-order valence-corrected chi connectivity index (χ2v) is 10.8. The number of piperidine rings is 1. The van der Waals surface area contributed by atoms with Crippen LogP contribution in [0.2, 0.25) is 0 Å². The van der Waals surface area contributed by atoms with Gasteiger partial charge in [0.2, 0.25) is 0 Å². The Balaban J connectivity index is 1.44. The number of halogens is 3. The molecule has 0 radical (unpaired) electrons. The normalized spacial score (nSPS) is 23.9. The van der Waals surface area contributed by atoms with E-state index in [2.05, 4.69) is 30.0 Å². The van der Waals surface area contributed by atoms with Crippen LogP contribution in [0.3, 0.4) is 0 Å². The molecule has 1 N–H and O–H groups in total. The third-order valence-corrected chi connectivity index (χ3v) is 8.48. The quantitative estimate of drug-likeness (QED) is 0.437. The second kappa shape index (κ2) is 9.12. The minimum atomic E-state index is -4.35. The summed E-state index contributed by atoms with van der Waals surface area (Å²) in [6.07, 6.45) is 1.27. The molecule has 5 rings (SSSR count). The minimum absolute atomic E-state index is 0.131. The molecule has 0 unspecified atom stereocenters. The lowest BCUT2D eigenvalue weighted by Gasteiger charge is -2.35. The number of aliphatic hydroxyl groups is 1. The highest BCUT2D eigenvalue weighted by Crippen LogP contribution is 2.49. The fourth-order valence-electron chi connectivity index (χ4n) is 5.50. The van der Waals surface area contributed by atoms with Gasteiger partial charge in [0.05, 0.1) is 11.7 Å². The van der Waals surface area contributed by atoms with Gasteiger partial charge in [0, 0.05) is 29.4 Å². The maximum Gasteiger partial charge on any atom is 0.416 e. The van der Waals surface area contributed by atoms with Crippen LogP contribution >= 0.6 is 11.8 Å². The summed E-state index contributed by atoms with van der Waals surface area (Å²) >= 11 is 1.58. The molecule has 6 heteroatoms. The number of nitrogens with zero attached hydrogens (tertiary/aromatic N) is 1. The minimum Gasteiger partial charge on any atom is -0.393 e. The first-order chi connectivity index (χ1) is 15.8. The van der Waals surface area contributed by atoms with Crippen LogP contribution in [0, 0.1) is 12.8 Å². The molecule has 2 fully saturated rings. The van der Waals surface area contributed by atoms with Gasteiger partial charge in [-0.05, 0) is 97.9 Å². The molecule has 1 saturated heterocycles. The first kappa shape index (κ1) is 23.0. The Hall–Kier alpha value is -1.76. The molecular formula is C27H30F3NOS. The molecular weight excluding hydrogens is 443 g/mol. The van der Waals surface area contributed by atoms with Crippen molar-refractivity contribution in [2.45, 2.75) is 67.5 Å². The Morgan fingerprint density at radius 2 is 1.67 bits per heavy atom. The summed E-state index contributed by atoms with van der Waals surface area (Å²) in [5.74, 6) is 0.646. The van der Waals surface area contributed by atoms with Gasteiger partial charge >= 0.3 is 6.18 Å². The Labute approximate surface area is 197 Å². The fraction of sp³-hybridized carbons (Fsp3) is 0.481. The topological polar surface area (TPSA) is 23.5 Å². The van der Waals surface area contributed by atoms with Crippen molar-refractivity contribution in [3.8, 4) is 0 Å². The van der Waals surface area contributed by atoms with Crippen molar-refractivity contribution in [3.05, 3.63) is 64.2 Å². The van der Waals surface area contributed by atoms with E-state index >= 15 is 0 Å². The Bertz CT molecular complexity index is 1060. The third-order valence-electron chi connectivity index (χ3n) is 7.35. The van der Waals surface area contributed by atoms with Crippen molar-refractivity contribution in [1.82, 2.24) is 4.90 Å². The van der Waals surface area contributed by atoms with Crippen LogP contribution in [0.5, 0.6) is 0 Å². The lowest BCUT2D eigenvalue weighted by molar-refractivity contribution is -0.137. The van der Waals surface area contributed by atoms with Gasteiger partial charge < -0.3 is 10.0 Å². The molecule has 33 heavy (non-hydrogen) atoms. The van der Waals surface area contributed by atoms with Crippen LogP contribution < -0.4 is 0 Å². The molecule has 0 aromatic heterocycles. The van der Waals surface area contributed by atoms with Gasteiger partial charge in [0.15, 0.2) is 0 Å². The van der Waals surface area contributed by atoms with Gasteiger partial charge in [-0.2, -0.15) is 13.2 Å². The maximum atomic E-state index is 13.5. The molecule has 176 valence electrons. The summed E-state index contributed by atoms with van der Waals surface area (Å²) in [6, 6.07) is 10.5. The Morgan fingerprint density at radius 3 is 2.36 bits per heavy atom. The Morgan fingerprint density at radius 1 is 0.939 bits per heavy atom. The monoisotopic (exact) mass is 473 g/mol. The maximum absolute atomic E-state index is 13.5. The highest BCUT2D eigenvalue weighted by Gasteiger charge is 2.34. The Kier molecular flexibility index (Phi) is 6.36. The van der Waals surface area contributed by atoms with Crippen LogP contribution in [0.1, 0.15) is 60.8 Å². The third kappa shape index (κ3) is 4.89. The summed E-state index contributed by atoms with van der Waals surface area (Å²) in [6.45, 7) is 5.01. The number of hydrogen-bond donors (Lipinski definition) is 1. The summed E-state index contributed by atoms with van der Waals surface area (Å²) in [5.41, 5.74) is 4.68. The predicted octanol–water partition coefficient (Wildman–Crippen LogP) is 6.93. The molecule has 0 bridgehead atoms. The molecule has 1 saturated carbocycles. The van der Waals surface area contributed by atoms with Gasteiger partial charge in [-0.3, -0.25) is 0 Å². The van der Waals surface area contributed by atoms with Crippen LogP contribution in [0.4, 0.5) is 13.2 Å². The summed E-state index contributed by atoms with van der Waals surface area (Å²) in [7, 11) is 0. The molecule has 2 aliphatic heterocycles. The van der Waals surface area contributed by atoms with E-state index in [1.807, 2.05) is 0 Å². The van der Waals surface area contributed by atoms with Crippen molar-refractivity contribution in [2.24, 2.45) is 5.92 Å². The summed E-state index contributed by atoms with van der Waals surface area (Å²) < 4.78 is 40.6. The average molecular weight is 474 g/mol. The molecule has 1 aliphatic carbocycles. The first-order valence-corrected chi connectivity index (χ1v) is 12.7. The molecule has 3 aliphatic rings. The van der Waals surface area contributed by atoms with Gasteiger partial charge in [-0.1, -0.05) is 29.5 Å². The van der Waals surface area contributed by atoms with E-state index in [1.165, 1.54) is 17.7 Å². The summed E-state index contributed by atoms with van der Waals surface area (Å²) in [5, 5.41) is 9.77. The van der Waals surface area contributed by atoms with Gasteiger partial charge in [-0.15, -0.1) is 0 Å². The SMILES string of the molecule is Cc1ccc2c(c1)Sc1ccc(C(F)(F)F)cc1C2=C1CCN(C[C@H]2CC[C@H](O)CC2)CC1. The van der Waals surface area contributed by atoms with E-state index in [9.17, 15) is 18.3 Å². The highest BCUT2D eigenvalue weighted by molar-refractivity contribution is 7.99. The van der Waals surface area contributed by atoms with Crippen LogP contribution in [-0.2, 0) is 6.18 Å². The molecule has 2 aromatic rings. The standard InChI is InChI=1S/C27H30F3NOS/c1-17-2-8-22-25(14-17)33-24-9-5-20(27(28,29)30)15-23(24)26(22)19-10-12-31(13-11-19)16-18-3-6-21(32)7-4-18/h2,5,8-9,14-15,18,21,32H,3-4,6-7,10-13,16H2,1H3/t18-,21-. The van der Waals surface area contributed by atoms with Gasteiger partial charge in [-0.25, -0.2) is 0 Å². The molecule has 0 spiro atoms. The number of aliphatic hydroxyl groups excluding tert-OH is 1. The van der Waals surface area contributed by atoms with E-state index in [0.29, 0.717) is 5.92 Å². The van der Waals surface area contributed by atoms with Crippen molar-refractivity contribution in [2.75, 3.05) is 19.6 Å². The lowest BCUT2D eigenvalue weighted by atomic mass is 9.85. The van der Waals surface area contributed by atoms with Crippen molar-refractivity contribution in [1.29, 1.82) is 0 Å². The molecule has 0 atom stereocenters. The predicted molar refractivity (Wildman–Crippen MR) is 126 cm³/mol. The average Bonchev–Trinajstić information content (AvgIpc) is 2.78. The number of aryl methyl sites for hydroxylation is 1. The van der Waals surface area contributed by atoms with E-state index in [4.69, 9.17) is 0 Å². The zero-order valence-electron chi connectivity index (χ0n) is 18.9. The molecule has 2 aromatic carbocycles. The molecule has 2 heterocycles. The van der Waals surface area contributed by atoms with Gasteiger partial charge in [0.1, 0.15) is 0 Å². The zero-order valence-corrected chi connectivity index (χ0v) is 19.7. The number of rotatable bonds is 2. The van der Waals surface area contributed by atoms with Gasteiger partial charge in [0.25, 0.3) is 0 Å². The smallest absolute Gasteiger partial charge is 0.393 e. The second-order valence-electron chi connectivity index (χ2n) is 9.76. The van der Waals surface area contributed by atoms with Crippen LogP contribution in [0.15, 0.2) is 51.8 Å². The zero-order chi connectivity index (χ0) is 23.2. The van der Waals surface area contributed by atoms with Crippen molar-refractivity contribution < 1.29 is 18.3 Å². The number of benzene rings is 2. The molecule has 2 nitrogen and oxygen atoms in total. The van der Waals surface area contributed by atoms with Crippen LogP contribution in [0.25, 0.3) is 5.57 Å². The van der Waals surface area contributed by atoms with E-state index in [-0.39, 0.29) is 6.10 Å². The summed E-state index contributed by atoms with van der Waals surface area (Å²) in [4.78, 5) is 4.55. The van der Waals surface area contributed by atoms with E-state index < -0.39 is 11.7 Å². The number of alkyl halides is 3. The molecule has 0 amide bonds. The fourth-order valence-corrected chi connectivity index (χ4v) is 6.67. The van der Waals surface area contributed by atoms with Crippen molar-refractivity contribution >= 4 is 17.3 Å². The first-order valence-electron chi connectivity index (χ1n) is 11.9.